The maximum atomic E-state index is 8.39. The Kier molecular flexibility index (Phi) is 11.2. The smallest absolute Gasteiger partial charge is 0.0579 e. The van der Waals surface area contributed by atoms with E-state index in [1.165, 1.54) is 43.3 Å². The fourth-order valence-corrected chi connectivity index (χ4v) is 2.12. The molecule has 0 rings (SSSR count). The molecule has 0 saturated heterocycles. The van der Waals surface area contributed by atoms with Gasteiger partial charge in [-0.3, -0.25) is 0 Å². The lowest BCUT2D eigenvalue weighted by Crippen LogP contribution is -1.93. The van der Waals surface area contributed by atoms with Crippen molar-refractivity contribution in [2.45, 2.75) is 91.9 Å². The summed E-state index contributed by atoms with van der Waals surface area (Å²) in [5, 5.41) is 0. The van der Waals surface area contributed by atoms with Gasteiger partial charge in [-0.05, 0) is 49.7 Å². The Balaban J connectivity index is 4.98. The van der Waals surface area contributed by atoms with Gasteiger partial charge in [0.05, 0.1) is 1.37 Å². The Morgan fingerprint density at radius 3 is 1.89 bits per heavy atom. The first-order valence-electron chi connectivity index (χ1n) is 8.59. The molecule has 0 bridgehead atoms. The Hall–Kier alpha value is -0.520. The molecule has 0 N–H and O–H groups in total. The molecular formula is C18H34. The van der Waals surface area contributed by atoms with E-state index in [-0.39, 0.29) is 0 Å². The lowest BCUT2D eigenvalue weighted by atomic mass is 9.93. The Bertz CT molecular complexity index is 273. The third-order valence-electron chi connectivity index (χ3n) is 3.29. The minimum atomic E-state index is 0.908. The van der Waals surface area contributed by atoms with Gasteiger partial charge in [-0.1, -0.05) is 65.5 Å². The van der Waals surface area contributed by atoms with Crippen LogP contribution in [0.2, 0.25) is 0 Å². The van der Waals surface area contributed by atoms with Crippen molar-refractivity contribution in [3.63, 3.8) is 0 Å². The number of allylic oxidation sites excluding steroid dienone is 4. The van der Waals surface area contributed by atoms with Crippen LogP contribution in [0.15, 0.2) is 23.3 Å². The van der Waals surface area contributed by atoms with Gasteiger partial charge in [-0.25, -0.2) is 0 Å². The second-order valence-corrected chi connectivity index (χ2v) is 5.10. The highest BCUT2D eigenvalue weighted by Gasteiger charge is 2.04. The molecule has 0 nitrogen and oxygen atoms in total. The normalized spacial score (nSPS) is 14.4. The molecule has 0 unspecified atom stereocenters. The molecular weight excluding hydrogens is 216 g/mol. The zero-order chi connectivity index (χ0) is 14.5. The fraction of sp³-hybridized carbons (Fsp3) is 0.778. The molecule has 0 aliphatic carbocycles. The van der Waals surface area contributed by atoms with Crippen LogP contribution in [0.1, 0.15) is 93.3 Å². The molecule has 0 aromatic heterocycles. The van der Waals surface area contributed by atoms with Gasteiger partial charge in [-0.2, -0.15) is 0 Å². The Morgan fingerprint density at radius 1 is 0.833 bits per heavy atom. The van der Waals surface area contributed by atoms with Crippen LogP contribution in [0.4, 0.5) is 0 Å². The lowest BCUT2D eigenvalue weighted by Gasteiger charge is -2.12. The summed E-state index contributed by atoms with van der Waals surface area (Å²) in [6, 6.07) is 0.908. The standard InChI is InChI=1S/C18H34/c1-5-9-12-16-18(15-11-7-3)17(13-8-4)14-10-6-2/h13,16H,5-12,14-15H2,1-4H3/i16D. The van der Waals surface area contributed by atoms with Crippen molar-refractivity contribution in [3.05, 3.63) is 23.3 Å². The molecule has 0 saturated carbocycles. The van der Waals surface area contributed by atoms with E-state index < -0.39 is 0 Å². The SMILES string of the molecule is [2H]C(CCCC)=C(CCCC)C(=CCC)CCCC. The van der Waals surface area contributed by atoms with Crippen molar-refractivity contribution in [2.24, 2.45) is 0 Å². The lowest BCUT2D eigenvalue weighted by molar-refractivity contribution is 0.740. The van der Waals surface area contributed by atoms with Gasteiger partial charge >= 0.3 is 0 Å². The van der Waals surface area contributed by atoms with Gasteiger partial charge in [0.1, 0.15) is 0 Å². The van der Waals surface area contributed by atoms with E-state index in [0.717, 1.165) is 38.2 Å². The summed E-state index contributed by atoms with van der Waals surface area (Å²) in [5.41, 5.74) is 2.84. The Morgan fingerprint density at radius 2 is 1.39 bits per heavy atom. The summed E-state index contributed by atoms with van der Waals surface area (Å²) in [6.45, 7) is 8.90. The van der Waals surface area contributed by atoms with Gasteiger partial charge < -0.3 is 0 Å². The van der Waals surface area contributed by atoms with Crippen molar-refractivity contribution >= 4 is 0 Å². The number of unbranched alkanes of at least 4 members (excludes halogenated alkanes) is 3. The molecule has 0 heteroatoms. The molecule has 0 fully saturated rings. The zero-order valence-corrected chi connectivity index (χ0v) is 13.1. The maximum absolute atomic E-state index is 8.39. The van der Waals surface area contributed by atoms with Crippen LogP contribution in [0, 0.1) is 0 Å². The molecule has 0 aliphatic heterocycles. The first-order chi connectivity index (χ1) is 9.21. The van der Waals surface area contributed by atoms with E-state index in [2.05, 4.69) is 33.8 Å². The third kappa shape index (κ3) is 8.55. The average molecular weight is 251 g/mol. The van der Waals surface area contributed by atoms with E-state index in [9.17, 15) is 0 Å². The molecule has 18 heavy (non-hydrogen) atoms. The van der Waals surface area contributed by atoms with Crippen molar-refractivity contribution in [3.8, 4) is 0 Å². The number of rotatable bonds is 11. The summed E-state index contributed by atoms with van der Waals surface area (Å²) in [6.07, 6.45) is 14.0. The molecule has 0 heterocycles. The third-order valence-corrected chi connectivity index (χ3v) is 3.29. The van der Waals surface area contributed by atoms with Crippen LogP contribution in [-0.2, 0) is 0 Å². The van der Waals surface area contributed by atoms with Crippen molar-refractivity contribution in [1.82, 2.24) is 0 Å². The van der Waals surface area contributed by atoms with Crippen molar-refractivity contribution < 1.29 is 1.37 Å². The summed E-state index contributed by atoms with van der Waals surface area (Å²) in [7, 11) is 0. The maximum Gasteiger partial charge on any atom is 0.0579 e. The van der Waals surface area contributed by atoms with E-state index >= 15 is 0 Å². The van der Waals surface area contributed by atoms with E-state index in [4.69, 9.17) is 1.37 Å². The highest BCUT2D eigenvalue weighted by Crippen LogP contribution is 2.24. The summed E-state index contributed by atoms with van der Waals surface area (Å²) >= 11 is 0. The van der Waals surface area contributed by atoms with Gasteiger partial charge in [0, 0.05) is 0 Å². The van der Waals surface area contributed by atoms with Crippen LogP contribution in [0.3, 0.4) is 0 Å². The van der Waals surface area contributed by atoms with E-state index in [1.54, 1.807) is 0 Å². The molecule has 0 spiro atoms. The molecule has 0 radical (unpaired) electrons. The van der Waals surface area contributed by atoms with Gasteiger partial charge in [0.15, 0.2) is 0 Å². The second-order valence-electron chi connectivity index (χ2n) is 5.10. The fourth-order valence-electron chi connectivity index (χ4n) is 2.12. The second kappa shape index (κ2) is 12.9. The van der Waals surface area contributed by atoms with Gasteiger partial charge in [0.25, 0.3) is 0 Å². The summed E-state index contributed by atoms with van der Waals surface area (Å²) in [5.74, 6) is 0. The summed E-state index contributed by atoms with van der Waals surface area (Å²) in [4.78, 5) is 0. The Labute approximate surface area is 117 Å². The zero-order valence-electron chi connectivity index (χ0n) is 14.1. The van der Waals surface area contributed by atoms with E-state index in [0.29, 0.717) is 0 Å². The van der Waals surface area contributed by atoms with Crippen LogP contribution in [-0.4, -0.2) is 0 Å². The van der Waals surface area contributed by atoms with E-state index in [1.807, 2.05) is 0 Å². The van der Waals surface area contributed by atoms with Crippen LogP contribution >= 0.6 is 0 Å². The largest absolute Gasteiger partial charge is 0.0813 e. The van der Waals surface area contributed by atoms with Crippen molar-refractivity contribution in [2.75, 3.05) is 0 Å². The molecule has 0 aromatic rings. The molecule has 0 aliphatic rings. The van der Waals surface area contributed by atoms with Gasteiger partial charge in [-0.15, -0.1) is 0 Å². The topological polar surface area (TPSA) is 0 Å². The highest BCUT2D eigenvalue weighted by molar-refractivity contribution is 5.30. The first-order valence-corrected chi connectivity index (χ1v) is 8.09. The summed E-state index contributed by atoms with van der Waals surface area (Å²) < 4.78 is 8.39. The number of hydrogen-bond acceptors (Lipinski definition) is 0. The van der Waals surface area contributed by atoms with Gasteiger partial charge in [0.2, 0.25) is 0 Å². The molecule has 106 valence electrons. The molecule has 0 atom stereocenters. The predicted molar refractivity (Wildman–Crippen MR) is 85.0 cm³/mol. The average Bonchev–Trinajstić information content (AvgIpc) is 2.42. The molecule has 0 amide bonds. The van der Waals surface area contributed by atoms with Crippen LogP contribution in [0.5, 0.6) is 0 Å². The minimum absolute atomic E-state index is 0.908. The first kappa shape index (κ1) is 15.5. The van der Waals surface area contributed by atoms with Crippen LogP contribution in [0.25, 0.3) is 0 Å². The molecule has 0 aromatic carbocycles. The highest BCUT2D eigenvalue weighted by atomic mass is 14.1. The minimum Gasteiger partial charge on any atom is -0.0813 e. The van der Waals surface area contributed by atoms with Crippen molar-refractivity contribution in [1.29, 1.82) is 0 Å². The van der Waals surface area contributed by atoms with Crippen LogP contribution < -0.4 is 0 Å². The monoisotopic (exact) mass is 251 g/mol. The quantitative estimate of drug-likeness (QED) is 0.353. The predicted octanol–water partition coefficient (Wildman–Crippen LogP) is 6.82. The number of hydrogen-bond donors (Lipinski definition) is 0.